The lowest BCUT2D eigenvalue weighted by Gasteiger charge is -2.38. The van der Waals surface area contributed by atoms with Crippen molar-refractivity contribution in [3.05, 3.63) is 30.3 Å². The average Bonchev–Trinajstić information content (AvgIpc) is 2.87. The van der Waals surface area contributed by atoms with Crippen LogP contribution in [0.1, 0.15) is 13.8 Å². The van der Waals surface area contributed by atoms with E-state index in [4.69, 9.17) is 5.73 Å². The molecule has 0 atom stereocenters. The average molecular weight is 299 g/mol. The first-order valence-electron chi connectivity index (χ1n) is 7.93. The molecule has 0 bridgehead atoms. The minimum absolute atomic E-state index is 0.630. The molecule has 22 heavy (non-hydrogen) atoms. The first-order chi connectivity index (χ1) is 10.5. The van der Waals surface area contributed by atoms with Crippen molar-refractivity contribution in [2.75, 3.05) is 36.8 Å². The highest BCUT2D eigenvalue weighted by molar-refractivity contribution is 5.67. The summed E-state index contributed by atoms with van der Waals surface area (Å²) in [6, 6.07) is 11.1. The number of nitrogen functional groups attached to an aromatic ring is 1. The van der Waals surface area contributed by atoms with Gasteiger partial charge < -0.3 is 10.6 Å². The van der Waals surface area contributed by atoms with Gasteiger partial charge in [0.15, 0.2) is 0 Å². The second kappa shape index (κ2) is 6.01. The summed E-state index contributed by atoms with van der Waals surface area (Å²) in [5, 5.41) is 4.47. The SMILES string of the molecule is CC(C)N1CCN(c2cccc(-c3cc(N)n(C)n3)c2)CC1. The highest BCUT2D eigenvalue weighted by atomic mass is 15.3. The number of piperazine rings is 1. The summed E-state index contributed by atoms with van der Waals surface area (Å²) in [5.74, 6) is 0.686. The fourth-order valence-electron chi connectivity index (χ4n) is 2.98. The monoisotopic (exact) mass is 299 g/mol. The fraction of sp³-hybridized carbons (Fsp3) is 0.471. The molecule has 3 rings (SSSR count). The van der Waals surface area contributed by atoms with Crippen LogP contribution in [-0.2, 0) is 7.05 Å². The van der Waals surface area contributed by atoms with E-state index in [0.29, 0.717) is 11.9 Å². The molecule has 0 aliphatic carbocycles. The van der Waals surface area contributed by atoms with E-state index in [1.165, 1.54) is 5.69 Å². The molecule has 1 fully saturated rings. The number of anilines is 2. The summed E-state index contributed by atoms with van der Waals surface area (Å²) in [6.45, 7) is 8.93. The van der Waals surface area contributed by atoms with Crippen molar-refractivity contribution < 1.29 is 0 Å². The van der Waals surface area contributed by atoms with E-state index in [2.05, 4.69) is 53.0 Å². The summed E-state index contributed by atoms with van der Waals surface area (Å²) >= 11 is 0. The summed E-state index contributed by atoms with van der Waals surface area (Å²) in [5.41, 5.74) is 9.21. The van der Waals surface area contributed by atoms with Crippen LogP contribution in [0.4, 0.5) is 11.5 Å². The Labute approximate surface area is 132 Å². The minimum Gasteiger partial charge on any atom is -0.384 e. The predicted molar refractivity (Wildman–Crippen MR) is 92.0 cm³/mol. The van der Waals surface area contributed by atoms with Gasteiger partial charge in [0.2, 0.25) is 0 Å². The van der Waals surface area contributed by atoms with Gasteiger partial charge in [-0.05, 0) is 26.0 Å². The van der Waals surface area contributed by atoms with Gasteiger partial charge in [0.1, 0.15) is 5.82 Å². The van der Waals surface area contributed by atoms with Crippen LogP contribution in [-0.4, -0.2) is 46.9 Å². The number of hydrogen-bond donors (Lipinski definition) is 1. The lowest BCUT2D eigenvalue weighted by Crippen LogP contribution is -2.48. The van der Waals surface area contributed by atoms with Gasteiger partial charge in [-0.2, -0.15) is 5.10 Å². The highest BCUT2D eigenvalue weighted by Gasteiger charge is 2.19. The van der Waals surface area contributed by atoms with Gasteiger partial charge >= 0.3 is 0 Å². The number of benzene rings is 1. The lowest BCUT2D eigenvalue weighted by molar-refractivity contribution is 0.209. The summed E-state index contributed by atoms with van der Waals surface area (Å²) in [7, 11) is 1.87. The normalized spacial score (nSPS) is 16.5. The molecular formula is C17H25N5. The molecule has 0 amide bonds. The van der Waals surface area contributed by atoms with Crippen molar-refractivity contribution in [2.24, 2.45) is 7.05 Å². The van der Waals surface area contributed by atoms with Crippen LogP contribution >= 0.6 is 0 Å². The van der Waals surface area contributed by atoms with Gasteiger partial charge in [-0.15, -0.1) is 0 Å². The predicted octanol–water partition coefficient (Wildman–Crippen LogP) is 2.20. The molecule has 2 aromatic rings. The fourth-order valence-corrected chi connectivity index (χ4v) is 2.98. The number of aryl methyl sites for hydroxylation is 1. The van der Waals surface area contributed by atoms with E-state index < -0.39 is 0 Å². The smallest absolute Gasteiger partial charge is 0.121 e. The molecule has 1 aromatic carbocycles. The van der Waals surface area contributed by atoms with E-state index in [1.807, 2.05) is 13.1 Å². The van der Waals surface area contributed by atoms with Gasteiger partial charge in [-0.25, -0.2) is 0 Å². The van der Waals surface area contributed by atoms with Gasteiger partial charge in [0.25, 0.3) is 0 Å². The Balaban J connectivity index is 1.77. The molecular weight excluding hydrogens is 274 g/mol. The topological polar surface area (TPSA) is 50.3 Å². The van der Waals surface area contributed by atoms with Crippen LogP contribution in [0.5, 0.6) is 0 Å². The lowest BCUT2D eigenvalue weighted by atomic mass is 10.1. The second-order valence-electron chi connectivity index (χ2n) is 6.25. The van der Waals surface area contributed by atoms with Gasteiger partial charge in [-0.1, -0.05) is 12.1 Å². The van der Waals surface area contributed by atoms with E-state index in [9.17, 15) is 0 Å². The Hall–Kier alpha value is -2.01. The van der Waals surface area contributed by atoms with Crippen LogP contribution in [0.2, 0.25) is 0 Å². The Morgan fingerprint density at radius 1 is 1.09 bits per heavy atom. The van der Waals surface area contributed by atoms with Crippen LogP contribution in [0, 0.1) is 0 Å². The third-order valence-corrected chi connectivity index (χ3v) is 4.47. The molecule has 0 radical (unpaired) electrons. The standard InChI is InChI=1S/C17H25N5/c1-13(2)21-7-9-22(10-8-21)15-6-4-5-14(11-15)16-12-17(18)20(3)19-16/h4-6,11-13H,7-10,18H2,1-3H3. The summed E-state index contributed by atoms with van der Waals surface area (Å²) < 4.78 is 1.71. The molecule has 5 heteroatoms. The van der Waals surface area contributed by atoms with Crippen molar-refractivity contribution in [2.45, 2.75) is 19.9 Å². The first kappa shape index (κ1) is 14.9. The molecule has 1 saturated heterocycles. The minimum atomic E-state index is 0.630. The van der Waals surface area contributed by atoms with Crippen molar-refractivity contribution in [1.29, 1.82) is 0 Å². The molecule has 0 spiro atoms. The Bertz CT molecular complexity index is 619. The molecule has 1 aromatic heterocycles. The molecule has 5 nitrogen and oxygen atoms in total. The van der Waals surface area contributed by atoms with Crippen molar-refractivity contribution in [3.8, 4) is 11.3 Å². The van der Waals surface area contributed by atoms with Gasteiger partial charge in [-0.3, -0.25) is 9.58 Å². The number of hydrogen-bond acceptors (Lipinski definition) is 4. The van der Waals surface area contributed by atoms with Crippen LogP contribution in [0.3, 0.4) is 0 Å². The number of rotatable bonds is 3. The van der Waals surface area contributed by atoms with Crippen LogP contribution in [0.15, 0.2) is 30.3 Å². The van der Waals surface area contributed by atoms with Crippen LogP contribution < -0.4 is 10.6 Å². The molecule has 2 N–H and O–H groups in total. The molecule has 0 saturated carbocycles. The molecule has 2 heterocycles. The van der Waals surface area contributed by atoms with Crippen LogP contribution in [0.25, 0.3) is 11.3 Å². The van der Waals surface area contributed by atoms with E-state index in [-0.39, 0.29) is 0 Å². The number of aromatic nitrogens is 2. The molecule has 0 unspecified atom stereocenters. The third kappa shape index (κ3) is 2.95. The Morgan fingerprint density at radius 2 is 1.82 bits per heavy atom. The largest absolute Gasteiger partial charge is 0.384 e. The zero-order chi connectivity index (χ0) is 15.7. The van der Waals surface area contributed by atoms with E-state index in [0.717, 1.165) is 37.4 Å². The Morgan fingerprint density at radius 3 is 2.41 bits per heavy atom. The van der Waals surface area contributed by atoms with E-state index in [1.54, 1.807) is 4.68 Å². The van der Waals surface area contributed by atoms with Gasteiger partial charge in [0, 0.05) is 56.6 Å². The second-order valence-corrected chi connectivity index (χ2v) is 6.25. The zero-order valence-corrected chi connectivity index (χ0v) is 13.7. The summed E-state index contributed by atoms with van der Waals surface area (Å²) in [4.78, 5) is 4.98. The maximum Gasteiger partial charge on any atom is 0.121 e. The first-order valence-corrected chi connectivity index (χ1v) is 7.93. The van der Waals surface area contributed by atoms with Crippen molar-refractivity contribution in [3.63, 3.8) is 0 Å². The van der Waals surface area contributed by atoms with Gasteiger partial charge in [0.05, 0.1) is 5.69 Å². The maximum atomic E-state index is 5.89. The van der Waals surface area contributed by atoms with Crippen molar-refractivity contribution in [1.82, 2.24) is 14.7 Å². The summed E-state index contributed by atoms with van der Waals surface area (Å²) in [6.07, 6.45) is 0. The quantitative estimate of drug-likeness (QED) is 0.944. The molecule has 118 valence electrons. The van der Waals surface area contributed by atoms with E-state index >= 15 is 0 Å². The number of nitrogens with zero attached hydrogens (tertiary/aromatic N) is 4. The maximum absolute atomic E-state index is 5.89. The molecule has 1 aliphatic heterocycles. The third-order valence-electron chi connectivity index (χ3n) is 4.47. The highest BCUT2D eigenvalue weighted by Crippen LogP contribution is 2.25. The number of nitrogens with two attached hydrogens (primary N) is 1. The molecule has 1 aliphatic rings. The Kier molecular flexibility index (Phi) is 4.07. The van der Waals surface area contributed by atoms with Crippen molar-refractivity contribution >= 4 is 11.5 Å². The zero-order valence-electron chi connectivity index (χ0n) is 13.7.